The first-order valence-corrected chi connectivity index (χ1v) is 5.28. The number of nitrogen functional groups attached to an aromatic ring is 1. The van der Waals surface area contributed by atoms with Crippen molar-refractivity contribution >= 4 is 17.4 Å². The second kappa shape index (κ2) is 4.32. The molecule has 0 aliphatic rings. The zero-order chi connectivity index (χ0) is 12.4. The van der Waals surface area contributed by atoms with Crippen molar-refractivity contribution in [3.05, 3.63) is 29.9 Å². The molecule has 90 valence electrons. The quantitative estimate of drug-likeness (QED) is 0.840. The van der Waals surface area contributed by atoms with E-state index < -0.39 is 0 Å². The molecule has 0 aromatic carbocycles. The summed E-state index contributed by atoms with van der Waals surface area (Å²) in [4.78, 5) is 12.0. The van der Waals surface area contributed by atoms with Crippen LogP contribution in [0.15, 0.2) is 22.9 Å². The molecule has 0 saturated heterocycles. The molecule has 2 aromatic rings. The zero-order valence-electron chi connectivity index (χ0n) is 9.73. The molecule has 0 bridgehead atoms. The van der Waals surface area contributed by atoms with Gasteiger partial charge in [0, 0.05) is 13.5 Å². The van der Waals surface area contributed by atoms with Crippen molar-refractivity contribution in [2.45, 2.75) is 13.3 Å². The largest absolute Gasteiger partial charge is 0.469 e. The number of aromatic nitrogens is 2. The Balaban J connectivity index is 2.23. The van der Waals surface area contributed by atoms with E-state index in [0.29, 0.717) is 29.2 Å². The van der Waals surface area contributed by atoms with E-state index in [0.717, 1.165) is 0 Å². The van der Waals surface area contributed by atoms with Crippen LogP contribution in [0.4, 0.5) is 11.5 Å². The van der Waals surface area contributed by atoms with Crippen molar-refractivity contribution in [3.8, 4) is 0 Å². The topological polar surface area (TPSA) is 86.1 Å². The molecule has 2 heterocycles. The van der Waals surface area contributed by atoms with E-state index in [1.807, 2.05) is 6.92 Å². The van der Waals surface area contributed by atoms with Gasteiger partial charge in [-0.05, 0) is 6.07 Å². The second-order valence-corrected chi connectivity index (χ2v) is 3.64. The van der Waals surface area contributed by atoms with Crippen molar-refractivity contribution in [2.24, 2.45) is 7.05 Å². The third kappa shape index (κ3) is 2.01. The summed E-state index contributed by atoms with van der Waals surface area (Å²) in [5.41, 5.74) is 6.65. The number of amides is 1. The lowest BCUT2D eigenvalue weighted by Gasteiger charge is -2.06. The third-order valence-corrected chi connectivity index (χ3v) is 2.51. The normalized spacial score (nSPS) is 10.5. The van der Waals surface area contributed by atoms with Crippen LogP contribution in [0.1, 0.15) is 23.0 Å². The Hall–Kier alpha value is -2.24. The van der Waals surface area contributed by atoms with Gasteiger partial charge in [0.05, 0.1) is 23.7 Å². The highest BCUT2D eigenvalue weighted by Gasteiger charge is 2.16. The molecule has 3 N–H and O–H groups in total. The summed E-state index contributed by atoms with van der Waals surface area (Å²) in [7, 11) is 1.71. The van der Waals surface area contributed by atoms with Gasteiger partial charge in [0.25, 0.3) is 5.91 Å². The average molecular weight is 234 g/mol. The molecule has 0 aliphatic carbocycles. The highest BCUT2D eigenvalue weighted by molar-refractivity contribution is 6.05. The molecule has 0 unspecified atom stereocenters. The number of nitrogens with two attached hydrogens (primary N) is 1. The first-order chi connectivity index (χ1) is 8.13. The number of aryl methyl sites for hydroxylation is 2. The van der Waals surface area contributed by atoms with E-state index in [-0.39, 0.29) is 5.91 Å². The number of nitrogens with one attached hydrogen (secondary N) is 1. The number of carbonyl (C=O) groups excluding carboxylic acids is 1. The number of furan rings is 1. The lowest BCUT2D eigenvalue weighted by atomic mass is 10.2. The lowest BCUT2D eigenvalue weighted by Crippen LogP contribution is -2.16. The molecule has 0 spiro atoms. The Labute approximate surface area is 98.4 Å². The maximum Gasteiger partial charge on any atom is 0.260 e. The van der Waals surface area contributed by atoms with E-state index in [4.69, 9.17) is 10.2 Å². The molecule has 0 saturated carbocycles. The number of anilines is 2. The smallest absolute Gasteiger partial charge is 0.260 e. The van der Waals surface area contributed by atoms with E-state index in [1.165, 1.54) is 17.1 Å². The lowest BCUT2D eigenvalue weighted by molar-refractivity contribution is 0.102. The molecule has 0 aliphatic heterocycles. The molecule has 0 radical (unpaired) electrons. The Bertz CT molecular complexity index is 522. The second-order valence-electron chi connectivity index (χ2n) is 3.64. The van der Waals surface area contributed by atoms with Gasteiger partial charge in [-0.25, -0.2) is 0 Å². The van der Waals surface area contributed by atoms with Crippen LogP contribution in [-0.4, -0.2) is 15.7 Å². The van der Waals surface area contributed by atoms with Gasteiger partial charge in [-0.1, -0.05) is 6.92 Å². The molecule has 1 amide bonds. The molecule has 6 nitrogen and oxygen atoms in total. The predicted octanol–water partition coefficient (Wildman–Crippen LogP) is 1.41. The van der Waals surface area contributed by atoms with Gasteiger partial charge >= 0.3 is 0 Å². The summed E-state index contributed by atoms with van der Waals surface area (Å²) in [6.45, 7) is 1.92. The van der Waals surface area contributed by atoms with E-state index >= 15 is 0 Å². The molecule has 17 heavy (non-hydrogen) atoms. The number of carbonyl (C=O) groups is 1. The fraction of sp³-hybridized carbons (Fsp3) is 0.273. The first kappa shape index (κ1) is 11.3. The molecule has 2 rings (SSSR count). The monoisotopic (exact) mass is 234 g/mol. The van der Waals surface area contributed by atoms with E-state index in [2.05, 4.69) is 10.4 Å². The Morgan fingerprint density at radius 3 is 3.00 bits per heavy atom. The van der Waals surface area contributed by atoms with Crippen molar-refractivity contribution in [1.29, 1.82) is 0 Å². The molecule has 0 atom stereocenters. The van der Waals surface area contributed by atoms with Crippen molar-refractivity contribution in [2.75, 3.05) is 11.1 Å². The van der Waals surface area contributed by atoms with Gasteiger partial charge in [0.15, 0.2) is 5.82 Å². The average Bonchev–Trinajstić information content (AvgIpc) is 2.90. The van der Waals surface area contributed by atoms with Gasteiger partial charge in [-0.3, -0.25) is 9.48 Å². The van der Waals surface area contributed by atoms with Gasteiger partial charge in [0.2, 0.25) is 0 Å². The summed E-state index contributed by atoms with van der Waals surface area (Å²) in [5, 5.41) is 6.66. The van der Waals surface area contributed by atoms with Gasteiger partial charge in [-0.15, -0.1) is 0 Å². The van der Waals surface area contributed by atoms with Crippen LogP contribution in [0.2, 0.25) is 0 Å². The van der Waals surface area contributed by atoms with Crippen LogP contribution < -0.4 is 11.1 Å². The van der Waals surface area contributed by atoms with Crippen LogP contribution in [0, 0.1) is 0 Å². The number of nitrogens with zero attached hydrogens (tertiary/aromatic N) is 2. The molecule has 6 heteroatoms. The Morgan fingerprint density at radius 2 is 2.41 bits per heavy atom. The first-order valence-electron chi connectivity index (χ1n) is 5.28. The summed E-state index contributed by atoms with van der Waals surface area (Å²) >= 11 is 0. The van der Waals surface area contributed by atoms with Crippen LogP contribution in [0.3, 0.4) is 0 Å². The third-order valence-electron chi connectivity index (χ3n) is 2.51. The molecule has 0 fully saturated rings. The maximum atomic E-state index is 12.0. The standard InChI is InChI=1S/C11H14N4O2/c1-3-9-7(4-5-17-9)11(16)14-10-8(12)6-13-15(10)2/h4-6H,3,12H2,1-2H3,(H,14,16). The van der Waals surface area contributed by atoms with Gasteiger partial charge < -0.3 is 15.5 Å². The minimum atomic E-state index is -0.245. The minimum Gasteiger partial charge on any atom is -0.469 e. The predicted molar refractivity (Wildman–Crippen MR) is 63.7 cm³/mol. The van der Waals surface area contributed by atoms with Crippen LogP contribution in [0.25, 0.3) is 0 Å². The van der Waals surface area contributed by atoms with Crippen LogP contribution >= 0.6 is 0 Å². The highest BCUT2D eigenvalue weighted by Crippen LogP contribution is 2.18. The SMILES string of the molecule is CCc1occc1C(=O)Nc1c(N)cnn1C. The van der Waals surface area contributed by atoms with Crippen LogP contribution in [0.5, 0.6) is 0 Å². The zero-order valence-corrected chi connectivity index (χ0v) is 9.73. The van der Waals surface area contributed by atoms with Gasteiger partial charge in [0.1, 0.15) is 5.76 Å². The summed E-state index contributed by atoms with van der Waals surface area (Å²) in [6.07, 6.45) is 3.66. The van der Waals surface area contributed by atoms with E-state index in [1.54, 1.807) is 13.1 Å². The number of hydrogen-bond acceptors (Lipinski definition) is 4. The molecular formula is C11H14N4O2. The van der Waals surface area contributed by atoms with Crippen molar-refractivity contribution in [1.82, 2.24) is 9.78 Å². The summed E-state index contributed by atoms with van der Waals surface area (Å²) in [6, 6.07) is 1.64. The van der Waals surface area contributed by atoms with E-state index in [9.17, 15) is 4.79 Å². The summed E-state index contributed by atoms with van der Waals surface area (Å²) in [5.74, 6) is 0.896. The molecular weight excluding hydrogens is 220 g/mol. The summed E-state index contributed by atoms with van der Waals surface area (Å²) < 4.78 is 6.71. The van der Waals surface area contributed by atoms with Gasteiger partial charge in [-0.2, -0.15) is 5.10 Å². The molecule has 2 aromatic heterocycles. The maximum absolute atomic E-state index is 12.0. The van der Waals surface area contributed by atoms with Crippen molar-refractivity contribution in [3.63, 3.8) is 0 Å². The minimum absolute atomic E-state index is 0.245. The fourth-order valence-corrected chi connectivity index (χ4v) is 1.60. The van der Waals surface area contributed by atoms with Crippen molar-refractivity contribution < 1.29 is 9.21 Å². The number of rotatable bonds is 3. The highest BCUT2D eigenvalue weighted by atomic mass is 16.3. The Kier molecular flexibility index (Phi) is 2.86. The Morgan fingerprint density at radius 1 is 1.65 bits per heavy atom. The number of hydrogen-bond donors (Lipinski definition) is 2. The fourth-order valence-electron chi connectivity index (χ4n) is 1.60. The van der Waals surface area contributed by atoms with Crippen LogP contribution in [-0.2, 0) is 13.5 Å².